The minimum Gasteiger partial charge on any atom is -0.388 e. The van der Waals surface area contributed by atoms with Crippen molar-refractivity contribution in [2.24, 2.45) is 0 Å². The van der Waals surface area contributed by atoms with E-state index >= 15 is 0 Å². The van der Waals surface area contributed by atoms with Gasteiger partial charge in [-0.1, -0.05) is 23.7 Å². The molecule has 0 bridgehead atoms. The highest BCUT2D eigenvalue weighted by atomic mass is 35.5. The molecule has 134 valence electrons. The van der Waals surface area contributed by atoms with Crippen molar-refractivity contribution in [3.63, 3.8) is 0 Å². The second-order valence-corrected chi connectivity index (χ2v) is 8.07. The first-order valence-corrected chi connectivity index (χ1v) is 9.36. The molecule has 0 spiro atoms. The summed E-state index contributed by atoms with van der Waals surface area (Å²) in [5, 5.41) is 14.6. The van der Waals surface area contributed by atoms with E-state index in [1.54, 1.807) is 0 Å². The van der Waals surface area contributed by atoms with Crippen LogP contribution >= 0.6 is 11.6 Å². The molecule has 2 aliphatic rings. The predicted molar refractivity (Wildman–Crippen MR) is 97.6 cm³/mol. The number of ether oxygens (including phenoxy) is 1. The molecule has 3 rings (SSSR count). The molecule has 2 fully saturated rings. The highest BCUT2D eigenvalue weighted by Crippen LogP contribution is 2.27. The van der Waals surface area contributed by atoms with E-state index in [9.17, 15) is 5.11 Å². The van der Waals surface area contributed by atoms with E-state index in [1.165, 1.54) is 5.56 Å². The Bertz CT molecular complexity index is 523. The van der Waals surface area contributed by atoms with Crippen molar-refractivity contribution in [2.75, 3.05) is 26.2 Å². The Balaban J connectivity index is 1.74. The number of rotatable bonds is 4. The number of aliphatic hydroxyl groups is 1. The molecule has 4 nitrogen and oxygen atoms in total. The van der Waals surface area contributed by atoms with Gasteiger partial charge in [-0.15, -0.1) is 0 Å². The molecule has 24 heavy (non-hydrogen) atoms. The van der Waals surface area contributed by atoms with E-state index in [1.807, 2.05) is 26.0 Å². The fourth-order valence-electron chi connectivity index (χ4n) is 3.80. The number of nitrogens with zero attached hydrogens (tertiary/aromatic N) is 1. The highest BCUT2D eigenvalue weighted by molar-refractivity contribution is 6.30. The normalized spacial score (nSPS) is 27.3. The Hall–Kier alpha value is -0.650. The van der Waals surface area contributed by atoms with Crippen LogP contribution < -0.4 is 5.32 Å². The molecule has 1 aromatic carbocycles. The van der Waals surface area contributed by atoms with Crippen LogP contribution in [-0.4, -0.2) is 60.0 Å². The van der Waals surface area contributed by atoms with Gasteiger partial charge in [-0.3, -0.25) is 4.90 Å². The molecule has 2 atom stereocenters. The summed E-state index contributed by atoms with van der Waals surface area (Å²) in [5.41, 5.74) is 0.477. The van der Waals surface area contributed by atoms with E-state index in [4.69, 9.17) is 16.3 Å². The fourth-order valence-corrected chi connectivity index (χ4v) is 3.92. The van der Waals surface area contributed by atoms with E-state index in [-0.39, 0.29) is 6.10 Å². The summed E-state index contributed by atoms with van der Waals surface area (Å²) >= 11 is 6.00. The van der Waals surface area contributed by atoms with Crippen molar-refractivity contribution < 1.29 is 9.84 Å². The Labute approximate surface area is 150 Å². The molecular weight excluding hydrogens is 324 g/mol. The van der Waals surface area contributed by atoms with E-state index < -0.39 is 5.60 Å². The molecular formula is C19H29ClN2O2. The zero-order chi connectivity index (χ0) is 17.2. The van der Waals surface area contributed by atoms with Crippen LogP contribution in [0.25, 0.3) is 0 Å². The first-order valence-electron chi connectivity index (χ1n) is 8.98. The smallest absolute Gasteiger partial charge is 0.0983 e. The minimum absolute atomic E-state index is 0.131. The maximum Gasteiger partial charge on any atom is 0.0983 e. The lowest BCUT2D eigenvalue weighted by atomic mass is 9.93. The van der Waals surface area contributed by atoms with Crippen LogP contribution in [0.15, 0.2) is 24.3 Å². The molecule has 2 aliphatic heterocycles. The van der Waals surface area contributed by atoms with Gasteiger partial charge in [-0.25, -0.2) is 0 Å². The second kappa shape index (κ2) is 7.71. The highest BCUT2D eigenvalue weighted by Gasteiger charge is 2.39. The van der Waals surface area contributed by atoms with Gasteiger partial charge in [0.2, 0.25) is 0 Å². The molecule has 0 aromatic heterocycles. The molecule has 0 aliphatic carbocycles. The van der Waals surface area contributed by atoms with Crippen molar-refractivity contribution in [3.8, 4) is 0 Å². The van der Waals surface area contributed by atoms with Crippen molar-refractivity contribution in [3.05, 3.63) is 34.9 Å². The zero-order valence-electron chi connectivity index (χ0n) is 14.7. The van der Waals surface area contributed by atoms with Crippen LogP contribution in [0.2, 0.25) is 5.02 Å². The van der Waals surface area contributed by atoms with Crippen molar-refractivity contribution >= 4 is 11.6 Å². The summed E-state index contributed by atoms with van der Waals surface area (Å²) < 4.78 is 6.04. The topological polar surface area (TPSA) is 44.7 Å². The summed E-state index contributed by atoms with van der Waals surface area (Å²) in [6, 6.07) is 9.03. The largest absolute Gasteiger partial charge is 0.388 e. The number of hydrogen-bond acceptors (Lipinski definition) is 4. The average Bonchev–Trinajstić information content (AvgIpc) is 2.57. The van der Waals surface area contributed by atoms with Crippen molar-refractivity contribution in [1.82, 2.24) is 10.2 Å². The molecule has 2 heterocycles. The van der Waals surface area contributed by atoms with E-state index in [0.29, 0.717) is 18.7 Å². The van der Waals surface area contributed by atoms with E-state index in [0.717, 1.165) is 43.9 Å². The Morgan fingerprint density at radius 2 is 1.92 bits per heavy atom. The monoisotopic (exact) mass is 352 g/mol. The summed E-state index contributed by atoms with van der Waals surface area (Å²) in [5.74, 6) is 0. The first kappa shape index (κ1) is 18.2. The molecule has 2 saturated heterocycles. The van der Waals surface area contributed by atoms with Crippen LogP contribution in [0.4, 0.5) is 0 Å². The SMILES string of the molecule is CC(C)(O)C1CN(C2CCNCC2)C(Cc2ccc(Cl)cc2)CO1. The third-order valence-electron chi connectivity index (χ3n) is 5.29. The molecule has 0 saturated carbocycles. The Morgan fingerprint density at radius 3 is 2.54 bits per heavy atom. The number of hydrogen-bond donors (Lipinski definition) is 2. The maximum atomic E-state index is 10.4. The summed E-state index contributed by atoms with van der Waals surface area (Å²) in [6.07, 6.45) is 3.15. The van der Waals surface area contributed by atoms with Crippen LogP contribution in [0.5, 0.6) is 0 Å². The predicted octanol–water partition coefficient (Wildman–Crippen LogP) is 2.47. The van der Waals surface area contributed by atoms with Gasteiger partial charge in [-0.05, 0) is 63.9 Å². The summed E-state index contributed by atoms with van der Waals surface area (Å²) in [7, 11) is 0. The zero-order valence-corrected chi connectivity index (χ0v) is 15.4. The molecule has 0 radical (unpaired) electrons. The molecule has 0 amide bonds. The number of halogens is 1. The lowest BCUT2D eigenvalue weighted by molar-refractivity contribution is -0.154. The van der Waals surface area contributed by atoms with Gasteiger partial charge < -0.3 is 15.2 Å². The lowest BCUT2D eigenvalue weighted by Crippen LogP contribution is -2.60. The van der Waals surface area contributed by atoms with Crippen LogP contribution in [0, 0.1) is 0 Å². The van der Waals surface area contributed by atoms with Crippen molar-refractivity contribution in [2.45, 2.75) is 56.9 Å². The number of morpholine rings is 1. The van der Waals surface area contributed by atoms with Crippen LogP contribution in [-0.2, 0) is 11.2 Å². The number of piperidine rings is 1. The van der Waals surface area contributed by atoms with Gasteiger partial charge in [0.1, 0.15) is 0 Å². The minimum atomic E-state index is -0.809. The molecule has 2 unspecified atom stereocenters. The molecule has 5 heteroatoms. The van der Waals surface area contributed by atoms with Crippen LogP contribution in [0.3, 0.4) is 0 Å². The van der Waals surface area contributed by atoms with E-state index in [2.05, 4.69) is 22.3 Å². The van der Waals surface area contributed by atoms with Gasteiger partial charge in [0.25, 0.3) is 0 Å². The van der Waals surface area contributed by atoms with Gasteiger partial charge >= 0.3 is 0 Å². The van der Waals surface area contributed by atoms with Gasteiger partial charge in [-0.2, -0.15) is 0 Å². The fraction of sp³-hybridized carbons (Fsp3) is 0.684. The quantitative estimate of drug-likeness (QED) is 0.873. The van der Waals surface area contributed by atoms with Crippen molar-refractivity contribution in [1.29, 1.82) is 0 Å². The second-order valence-electron chi connectivity index (χ2n) is 7.64. The average molecular weight is 353 g/mol. The maximum absolute atomic E-state index is 10.4. The first-order chi connectivity index (χ1) is 11.4. The van der Waals surface area contributed by atoms with Gasteiger partial charge in [0.05, 0.1) is 18.3 Å². The summed E-state index contributed by atoms with van der Waals surface area (Å²) in [6.45, 7) is 7.30. The number of nitrogens with one attached hydrogen (secondary N) is 1. The van der Waals surface area contributed by atoms with Crippen LogP contribution in [0.1, 0.15) is 32.3 Å². The standard InChI is InChI=1S/C19H29ClN2O2/c1-19(2,23)18-12-22(16-7-9-21-10-8-16)17(13-24-18)11-14-3-5-15(20)6-4-14/h3-6,16-18,21,23H,7-13H2,1-2H3. The lowest BCUT2D eigenvalue weighted by Gasteiger charge is -2.48. The Morgan fingerprint density at radius 1 is 1.25 bits per heavy atom. The van der Waals surface area contributed by atoms with Gasteiger partial charge in [0, 0.05) is 23.7 Å². The molecule has 1 aromatic rings. The Kier molecular flexibility index (Phi) is 5.83. The van der Waals surface area contributed by atoms with Gasteiger partial charge in [0.15, 0.2) is 0 Å². The molecule has 2 N–H and O–H groups in total. The summed E-state index contributed by atoms with van der Waals surface area (Å²) in [4.78, 5) is 2.58. The number of benzene rings is 1. The third-order valence-corrected chi connectivity index (χ3v) is 5.54. The third kappa shape index (κ3) is 4.50.